The molecule has 1 aliphatic rings. The fraction of sp³-hybridized carbons (Fsp3) is 0. The van der Waals surface area contributed by atoms with Gasteiger partial charge in [-0.25, -0.2) is 15.0 Å². The summed E-state index contributed by atoms with van der Waals surface area (Å²) in [6, 6.07) is 47.8. The predicted molar refractivity (Wildman–Crippen MR) is 189 cm³/mol. The zero-order valence-corrected chi connectivity index (χ0v) is 25.1. The number of pyridine rings is 1. The van der Waals surface area contributed by atoms with Crippen LogP contribution < -0.4 is 0 Å². The van der Waals surface area contributed by atoms with Crippen molar-refractivity contribution in [2.75, 3.05) is 0 Å². The van der Waals surface area contributed by atoms with E-state index in [9.17, 15) is 0 Å². The molecule has 3 heterocycles. The van der Waals surface area contributed by atoms with E-state index in [1.165, 1.54) is 10.9 Å². The van der Waals surface area contributed by atoms with Crippen LogP contribution in [0.2, 0.25) is 0 Å². The van der Waals surface area contributed by atoms with Crippen LogP contribution in [0.25, 0.3) is 100 Å². The summed E-state index contributed by atoms with van der Waals surface area (Å²) in [6.07, 6.45) is 1.86. The molecule has 0 atom stereocenters. The summed E-state index contributed by atoms with van der Waals surface area (Å²) in [6.45, 7) is 0. The minimum atomic E-state index is 0.626. The van der Waals surface area contributed by atoms with Crippen molar-refractivity contribution in [3.05, 3.63) is 146 Å². The van der Waals surface area contributed by atoms with Gasteiger partial charge in [0.15, 0.2) is 17.5 Å². The predicted octanol–water partition coefficient (Wildman–Crippen LogP) is 10.6. The first-order valence-corrected chi connectivity index (χ1v) is 15.6. The second-order valence-corrected chi connectivity index (χ2v) is 11.8. The third-order valence-electron chi connectivity index (χ3n) is 9.16. The molecule has 10 rings (SSSR count). The van der Waals surface area contributed by atoms with Crippen molar-refractivity contribution in [2.45, 2.75) is 0 Å². The molecule has 3 aromatic heterocycles. The summed E-state index contributed by atoms with van der Waals surface area (Å²) in [5.74, 6) is 1.90. The number of aromatic nitrogens is 4. The van der Waals surface area contributed by atoms with Crippen molar-refractivity contribution >= 4 is 32.7 Å². The van der Waals surface area contributed by atoms with Gasteiger partial charge in [0.1, 0.15) is 11.2 Å². The average Bonchev–Trinajstić information content (AvgIpc) is 3.69. The van der Waals surface area contributed by atoms with E-state index in [-0.39, 0.29) is 0 Å². The molecule has 0 spiro atoms. The second-order valence-electron chi connectivity index (χ2n) is 11.8. The van der Waals surface area contributed by atoms with Crippen LogP contribution in [0.3, 0.4) is 0 Å². The normalized spacial score (nSPS) is 11.8. The monoisotopic (exact) mass is 600 g/mol. The van der Waals surface area contributed by atoms with Gasteiger partial charge in [0.2, 0.25) is 0 Å². The molecule has 0 amide bonds. The first kappa shape index (κ1) is 25.8. The molecular formula is C42H24N4O. The Morgan fingerprint density at radius 2 is 1.00 bits per heavy atom. The van der Waals surface area contributed by atoms with Gasteiger partial charge in [-0.15, -0.1) is 0 Å². The van der Waals surface area contributed by atoms with E-state index in [4.69, 9.17) is 24.4 Å². The summed E-state index contributed by atoms with van der Waals surface area (Å²) < 4.78 is 6.16. The van der Waals surface area contributed by atoms with Crippen molar-refractivity contribution in [3.63, 3.8) is 0 Å². The highest BCUT2D eigenvalue weighted by molar-refractivity contribution is 6.17. The molecule has 0 saturated heterocycles. The van der Waals surface area contributed by atoms with Gasteiger partial charge in [-0.3, -0.25) is 4.98 Å². The maximum absolute atomic E-state index is 6.16. The molecule has 0 saturated carbocycles. The maximum Gasteiger partial charge on any atom is 0.164 e. The van der Waals surface area contributed by atoms with Crippen LogP contribution in [0.4, 0.5) is 0 Å². The molecule has 6 aromatic carbocycles. The summed E-state index contributed by atoms with van der Waals surface area (Å²) in [7, 11) is 0. The lowest BCUT2D eigenvalue weighted by Gasteiger charge is -2.12. The molecule has 1 aliphatic carbocycles. The third kappa shape index (κ3) is 3.97. The van der Waals surface area contributed by atoms with E-state index < -0.39 is 0 Å². The molecule has 0 bridgehead atoms. The van der Waals surface area contributed by atoms with Gasteiger partial charge in [-0.05, 0) is 51.7 Å². The van der Waals surface area contributed by atoms with Gasteiger partial charge < -0.3 is 4.42 Å². The molecule has 0 unspecified atom stereocenters. The summed E-state index contributed by atoms with van der Waals surface area (Å²) in [5.41, 5.74) is 11.3. The number of furan rings is 1. The minimum absolute atomic E-state index is 0.626. The molecular weight excluding hydrogens is 576 g/mol. The van der Waals surface area contributed by atoms with Crippen LogP contribution in [0.15, 0.2) is 150 Å². The summed E-state index contributed by atoms with van der Waals surface area (Å²) >= 11 is 0. The Balaban J connectivity index is 1.13. The Morgan fingerprint density at radius 1 is 0.362 bits per heavy atom. The van der Waals surface area contributed by atoms with Crippen LogP contribution in [-0.2, 0) is 0 Å². The van der Waals surface area contributed by atoms with E-state index in [1.54, 1.807) is 0 Å². The Morgan fingerprint density at radius 3 is 1.87 bits per heavy atom. The van der Waals surface area contributed by atoms with E-state index in [1.807, 2.05) is 66.9 Å². The lowest BCUT2D eigenvalue weighted by molar-refractivity contribution is 0.669. The number of fused-ring (bicyclic) bond motifs is 6. The molecule has 47 heavy (non-hydrogen) atoms. The lowest BCUT2D eigenvalue weighted by Crippen LogP contribution is -2.00. The SMILES string of the molecule is c1ccc(-c2nc(-c3ccc(-c4cccc5oc6ccccc6c45)cc3)nc(-c3ccc4c5c(cccc35)-c3ncccc3-4)n2)cc1. The van der Waals surface area contributed by atoms with E-state index in [0.29, 0.717) is 17.5 Å². The van der Waals surface area contributed by atoms with Gasteiger partial charge in [0, 0.05) is 44.8 Å². The molecule has 5 heteroatoms. The molecule has 0 radical (unpaired) electrons. The molecule has 9 aromatic rings. The van der Waals surface area contributed by atoms with Crippen LogP contribution in [-0.4, -0.2) is 19.9 Å². The van der Waals surface area contributed by atoms with Gasteiger partial charge in [-0.1, -0.05) is 115 Å². The van der Waals surface area contributed by atoms with E-state index >= 15 is 0 Å². The number of para-hydroxylation sites is 1. The fourth-order valence-electron chi connectivity index (χ4n) is 7.02. The number of hydrogen-bond donors (Lipinski definition) is 0. The van der Waals surface area contributed by atoms with Crippen LogP contribution in [0, 0.1) is 0 Å². The van der Waals surface area contributed by atoms with Crippen LogP contribution >= 0.6 is 0 Å². The highest BCUT2D eigenvalue weighted by Gasteiger charge is 2.24. The van der Waals surface area contributed by atoms with Gasteiger partial charge >= 0.3 is 0 Å². The summed E-state index contributed by atoms with van der Waals surface area (Å²) in [4.78, 5) is 19.9. The van der Waals surface area contributed by atoms with Gasteiger partial charge in [0.25, 0.3) is 0 Å². The van der Waals surface area contributed by atoms with Crippen molar-refractivity contribution in [1.82, 2.24) is 19.9 Å². The number of benzene rings is 6. The van der Waals surface area contributed by atoms with Gasteiger partial charge in [0.05, 0.1) is 5.69 Å². The third-order valence-corrected chi connectivity index (χ3v) is 9.16. The first-order chi connectivity index (χ1) is 23.3. The Kier molecular flexibility index (Phi) is 5.51. The van der Waals surface area contributed by atoms with Crippen molar-refractivity contribution in [3.8, 4) is 67.7 Å². The second kappa shape index (κ2) is 10.0. The van der Waals surface area contributed by atoms with Gasteiger partial charge in [-0.2, -0.15) is 0 Å². The largest absolute Gasteiger partial charge is 0.456 e. The van der Waals surface area contributed by atoms with Crippen LogP contribution in [0.5, 0.6) is 0 Å². The smallest absolute Gasteiger partial charge is 0.164 e. The van der Waals surface area contributed by atoms with E-state index in [2.05, 4.69) is 78.9 Å². The maximum atomic E-state index is 6.16. The zero-order chi connectivity index (χ0) is 30.9. The fourth-order valence-corrected chi connectivity index (χ4v) is 7.02. The van der Waals surface area contributed by atoms with Crippen molar-refractivity contribution in [2.24, 2.45) is 0 Å². The minimum Gasteiger partial charge on any atom is -0.456 e. The average molecular weight is 601 g/mol. The molecule has 218 valence electrons. The zero-order valence-electron chi connectivity index (χ0n) is 25.1. The highest BCUT2D eigenvalue weighted by Crippen LogP contribution is 2.48. The number of rotatable bonds is 4. The molecule has 5 nitrogen and oxygen atoms in total. The molecule has 0 aliphatic heterocycles. The van der Waals surface area contributed by atoms with Crippen molar-refractivity contribution < 1.29 is 4.42 Å². The van der Waals surface area contributed by atoms with E-state index in [0.717, 1.165) is 72.0 Å². The standard InChI is InChI=1S/C42H24N4O/c1-2-9-26(10-3-1)40-44-41(27-20-18-25(19-21-27)28-12-7-17-36-38(28)33-11-4-5-16-35(33)47-36)46-42(45-40)32-23-22-30-31-15-8-24-43-39(31)34-14-6-13-29(32)37(30)34/h1-24H. The Hall–Kier alpha value is -6.46. The first-order valence-electron chi connectivity index (χ1n) is 15.6. The van der Waals surface area contributed by atoms with Crippen LogP contribution in [0.1, 0.15) is 0 Å². The number of nitrogens with zero attached hydrogens (tertiary/aromatic N) is 4. The lowest BCUT2D eigenvalue weighted by atomic mass is 9.97. The Labute approximate surface area is 269 Å². The topological polar surface area (TPSA) is 64.7 Å². The summed E-state index contributed by atoms with van der Waals surface area (Å²) in [5, 5.41) is 4.52. The quantitative estimate of drug-likeness (QED) is 0.201. The number of hydrogen-bond acceptors (Lipinski definition) is 5. The van der Waals surface area contributed by atoms with Crippen molar-refractivity contribution in [1.29, 1.82) is 0 Å². The molecule has 0 fully saturated rings. The highest BCUT2D eigenvalue weighted by atomic mass is 16.3. The molecule has 0 N–H and O–H groups in total. The Bertz CT molecular complexity index is 2650.